The van der Waals surface area contributed by atoms with Gasteiger partial charge in [0.2, 0.25) is 0 Å². The standard InChI is InChI=1S/2C10H20N4O2.H2O4S.H2O/c2*1-10(2,3)16-9(15)13-7-4-5-14(6-7)8(11)12;1-5(2,3)4;/h2*7H,4-6H2,1-3H3,(H3,11,12)(H,13,15);(H2,1,2,3,4);1H2. The second-order valence-electron chi connectivity index (χ2n) is 10.4. The van der Waals surface area contributed by atoms with E-state index in [0.717, 1.165) is 12.8 Å². The largest absolute Gasteiger partial charge is 0.444 e. The minimum Gasteiger partial charge on any atom is -0.444 e. The molecule has 0 aliphatic carbocycles. The van der Waals surface area contributed by atoms with Crippen molar-refractivity contribution in [2.75, 3.05) is 26.2 Å². The molecule has 2 unspecified atom stereocenters. The van der Waals surface area contributed by atoms with Crippen LogP contribution in [0.15, 0.2) is 0 Å². The van der Waals surface area contributed by atoms with Crippen LogP contribution in [0.4, 0.5) is 9.59 Å². The molecule has 2 heterocycles. The fraction of sp³-hybridized carbons (Fsp3) is 0.800. The van der Waals surface area contributed by atoms with Crippen molar-refractivity contribution >= 4 is 34.5 Å². The molecule has 38 heavy (non-hydrogen) atoms. The van der Waals surface area contributed by atoms with E-state index in [1.54, 1.807) is 9.80 Å². The second-order valence-corrected chi connectivity index (χ2v) is 11.3. The highest BCUT2D eigenvalue weighted by Crippen LogP contribution is 2.12. The monoisotopic (exact) mass is 572 g/mol. The highest BCUT2D eigenvalue weighted by atomic mass is 32.3. The van der Waals surface area contributed by atoms with Gasteiger partial charge in [0.25, 0.3) is 0 Å². The maximum Gasteiger partial charge on any atom is 0.407 e. The first kappa shape index (κ1) is 37.1. The third kappa shape index (κ3) is 20.0. The molecule has 0 aromatic rings. The summed E-state index contributed by atoms with van der Waals surface area (Å²) in [5, 5.41) is 20.1. The summed E-state index contributed by atoms with van der Waals surface area (Å²) in [4.78, 5) is 26.4. The van der Waals surface area contributed by atoms with Crippen molar-refractivity contribution in [1.82, 2.24) is 20.4 Å². The fourth-order valence-electron chi connectivity index (χ4n) is 3.14. The number of nitrogens with zero attached hydrogens (tertiary/aromatic N) is 2. The third-order valence-electron chi connectivity index (χ3n) is 4.50. The molecule has 2 atom stereocenters. The lowest BCUT2D eigenvalue weighted by Gasteiger charge is -2.22. The first-order valence-corrected chi connectivity index (χ1v) is 12.8. The summed E-state index contributed by atoms with van der Waals surface area (Å²) in [5.74, 6) is 0.0991. The molecule has 17 nitrogen and oxygen atoms in total. The van der Waals surface area contributed by atoms with E-state index in [9.17, 15) is 9.59 Å². The van der Waals surface area contributed by atoms with E-state index in [-0.39, 0.29) is 29.5 Å². The Kier molecular flexibility index (Phi) is 15.0. The fourth-order valence-corrected chi connectivity index (χ4v) is 3.14. The summed E-state index contributed by atoms with van der Waals surface area (Å²) in [6.07, 6.45) is 0.753. The number of guanidine groups is 2. The number of amides is 2. The summed E-state index contributed by atoms with van der Waals surface area (Å²) in [7, 11) is -4.67. The maximum atomic E-state index is 11.5. The zero-order chi connectivity index (χ0) is 29.2. The van der Waals surface area contributed by atoms with Crippen LogP contribution in [0.5, 0.6) is 0 Å². The van der Waals surface area contributed by atoms with Crippen LogP contribution in [0.2, 0.25) is 0 Å². The van der Waals surface area contributed by atoms with Gasteiger partial charge in [-0.1, -0.05) is 0 Å². The van der Waals surface area contributed by atoms with Gasteiger partial charge in [0, 0.05) is 26.2 Å². The second kappa shape index (κ2) is 15.4. The van der Waals surface area contributed by atoms with Crippen LogP contribution in [0.3, 0.4) is 0 Å². The lowest BCUT2D eigenvalue weighted by molar-refractivity contribution is 0.0495. The zero-order valence-corrected chi connectivity index (χ0v) is 23.5. The van der Waals surface area contributed by atoms with Gasteiger partial charge >= 0.3 is 22.6 Å². The molecule has 224 valence electrons. The molecule has 2 aliphatic heterocycles. The topological polar surface area (TPSA) is 289 Å². The Morgan fingerprint density at radius 3 is 1.26 bits per heavy atom. The molecule has 0 bridgehead atoms. The van der Waals surface area contributed by atoms with Gasteiger partial charge in [-0.25, -0.2) is 9.59 Å². The molecule has 2 saturated heterocycles. The van der Waals surface area contributed by atoms with E-state index in [0.29, 0.717) is 26.2 Å². The SMILES string of the molecule is CC(C)(C)OC(=O)NC1CCN(C(=N)N)C1.CC(C)(C)OC(=O)NC1CCN(C(=N)N)C1.O.O=S(=O)(O)O. The van der Waals surface area contributed by atoms with E-state index in [1.165, 1.54) is 0 Å². The number of nitrogens with one attached hydrogen (secondary N) is 4. The number of alkyl carbamates (subject to hydrolysis) is 2. The zero-order valence-electron chi connectivity index (χ0n) is 22.7. The van der Waals surface area contributed by atoms with E-state index in [1.807, 2.05) is 41.5 Å². The van der Waals surface area contributed by atoms with Gasteiger partial charge in [0.15, 0.2) is 11.9 Å². The number of nitrogens with two attached hydrogens (primary N) is 2. The Morgan fingerprint density at radius 2 is 1.08 bits per heavy atom. The van der Waals surface area contributed by atoms with Crippen molar-refractivity contribution < 1.29 is 42.1 Å². The summed E-state index contributed by atoms with van der Waals surface area (Å²) < 4.78 is 41.9. The Morgan fingerprint density at radius 1 is 0.816 bits per heavy atom. The average molecular weight is 573 g/mol. The average Bonchev–Trinajstić information content (AvgIpc) is 3.27. The van der Waals surface area contributed by atoms with Crippen molar-refractivity contribution in [2.45, 2.75) is 77.7 Å². The van der Waals surface area contributed by atoms with Crippen LogP contribution >= 0.6 is 0 Å². The van der Waals surface area contributed by atoms with Gasteiger partial charge in [0.1, 0.15) is 11.2 Å². The van der Waals surface area contributed by atoms with Crippen molar-refractivity contribution in [3.8, 4) is 0 Å². The Hall–Kier alpha value is -3.09. The lowest BCUT2D eigenvalue weighted by Crippen LogP contribution is -2.42. The molecule has 0 aromatic carbocycles. The van der Waals surface area contributed by atoms with Crippen LogP contribution in [0.25, 0.3) is 0 Å². The van der Waals surface area contributed by atoms with Crippen molar-refractivity contribution in [2.24, 2.45) is 11.5 Å². The molecular weight excluding hydrogens is 528 g/mol. The quantitative estimate of drug-likeness (QED) is 0.118. The number of hydrogen-bond acceptors (Lipinski definition) is 8. The molecule has 2 rings (SSSR count). The van der Waals surface area contributed by atoms with Crippen molar-refractivity contribution in [3.63, 3.8) is 0 Å². The van der Waals surface area contributed by atoms with Crippen molar-refractivity contribution in [1.29, 1.82) is 10.8 Å². The molecule has 0 radical (unpaired) electrons. The summed E-state index contributed by atoms with van der Waals surface area (Å²) in [6, 6.07) is 0.0255. The minimum atomic E-state index is -4.67. The van der Waals surface area contributed by atoms with Gasteiger partial charge in [0.05, 0.1) is 12.1 Å². The predicted molar refractivity (Wildman–Crippen MR) is 140 cm³/mol. The molecule has 18 heteroatoms. The number of carbonyl (C=O) groups excluding carboxylic acids is 2. The highest BCUT2D eigenvalue weighted by molar-refractivity contribution is 7.79. The van der Waals surface area contributed by atoms with Crippen LogP contribution in [-0.4, -0.2) is 106 Å². The molecule has 12 N–H and O–H groups in total. The molecular formula is C20H44N8O9S. The maximum absolute atomic E-state index is 11.5. The van der Waals surface area contributed by atoms with Gasteiger partial charge in [-0.05, 0) is 54.4 Å². The Bertz CT molecular complexity index is 837. The first-order chi connectivity index (χ1) is 16.6. The smallest absolute Gasteiger partial charge is 0.407 e. The predicted octanol–water partition coefficient (Wildman–Crippen LogP) is -0.520. The summed E-state index contributed by atoms with van der Waals surface area (Å²) >= 11 is 0. The van der Waals surface area contributed by atoms with E-state index in [4.69, 9.17) is 49.3 Å². The molecule has 0 saturated carbocycles. The number of carbonyl (C=O) groups is 2. The Labute approximate surface area is 223 Å². The number of hydrogen-bond donors (Lipinski definition) is 8. The van der Waals surface area contributed by atoms with Crippen LogP contribution in [0.1, 0.15) is 54.4 Å². The molecule has 0 aromatic heterocycles. The van der Waals surface area contributed by atoms with Gasteiger partial charge < -0.3 is 46.9 Å². The Balaban J connectivity index is 0. The molecule has 0 spiro atoms. The summed E-state index contributed by atoms with van der Waals surface area (Å²) in [6.45, 7) is 13.5. The first-order valence-electron chi connectivity index (χ1n) is 11.4. The van der Waals surface area contributed by atoms with Crippen LogP contribution in [-0.2, 0) is 19.9 Å². The molecule has 2 fully saturated rings. The van der Waals surface area contributed by atoms with Crippen molar-refractivity contribution in [3.05, 3.63) is 0 Å². The number of rotatable bonds is 2. The summed E-state index contributed by atoms with van der Waals surface area (Å²) in [5.41, 5.74) is 9.75. The number of ether oxygens (including phenoxy) is 2. The van der Waals surface area contributed by atoms with Gasteiger partial charge in [-0.15, -0.1) is 0 Å². The van der Waals surface area contributed by atoms with E-state index in [2.05, 4.69) is 10.6 Å². The minimum absolute atomic E-state index is 0. The van der Waals surface area contributed by atoms with E-state index < -0.39 is 33.8 Å². The van der Waals surface area contributed by atoms with Gasteiger partial charge in [-0.3, -0.25) is 19.9 Å². The lowest BCUT2D eigenvalue weighted by atomic mass is 10.2. The third-order valence-corrected chi connectivity index (χ3v) is 4.50. The van der Waals surface area contributed by atoms with Gasteiger partial charge in [-0.2, -0.15) is 8.42 Å². The van der Waals surface area contributed by atoms with Crippen LogP contribution in [0, 0.1) is 10.8 Å². The van der Waals surface area contributed by atoms with E-state index >= 15 is 0 Å². The normalized spacial score (nSPS) is 18.9. The highest BCUT2D eigenvalue weighted by Gasteiger charge is 2.27. The number of likely N-dealkylation sites (tertiary alicyclic amines) is 2. The molecule has 2 aliphatic rings. The van der Waals surface area contributed by atoms with Crippen LogP contribution < -0.4 is 22.1 Å². The molecule has 2 amide bonds.